The minimum Gasteiger partial charge on any atom is -0.496 e. The molecular formula is C9H12BrNOS. The third-order valence-electron chi connectivity index (χ3n) is 2.27. The highest BCUT2D eigenvalue weighted by Gasteiger charge is 2.21. The Balaban J connectivity index is 2.52. The van der Waals surface area contributed by atoms with Crippen LogP contribution in [0.2, 0.25) is 0 Å². The number of halogens is 1. The van der Waals surface area contributed by atoms with E-state index in [-0.39, 0.29) is 11.1 Å². The lowest BCUT2D eigenvalue weighted by Crippen LogP contribution is -1.92. The van der Waals surface area contributed by atoms with Gasteiger partial charge in [0, 0.05) is 21.5 Å². The molecule has 2 rings (SSSR count). The van der Waals surface area contributed by atoms with Crippen molar-refractivity contribution in [1.82, 2.24) is 0 Å². The maximum atomic E-state index is 5.97. The summed E-state index contributed by atoms with van der Waals surface area (Å²) in [7, 11) is 1.71. The molecule has 0 fully saturated rings. The molecule has 2 nitrogen and oxygen atoms in total. The molecule has 1 aliphatic rings. The molecule has 0 amide bonds. The molecule has 1 aromatic carbocycles. The number of rotatable bonds is 1. The lowest BCUT2D eigenvalue weighted by molar-refractivity contribution is 0.411. The van der Waals surface area contributed by atoms with Crippen molar-refractivity contribution in [2.45, 2.75) is 11.5 Å². The van der Waals surface area contributed by atoms with Crippen molar-refractivity contribution < 1.29 is 4.74 Å². The molecule has 0 saturated heterocycles. The fourth-order valence-electron chi connectivity index (χ4n) is 1.64. The summed E-state index contributed by atoms with van der Waals surface area (Å²) in [5.74, 6) is 2.99. The van der Waals surface area contributed by atoms with Gasteiger partial charge in [-0.15, -0.1) is 0 Å². The highest BCUT2D eigenvalue weighted by molar-refractivity contribution is 9.10. The summed E-state index contributed by atoms with van der Waals surface area (Å²) >= 11 is 3.20. The molecule has 0 aliphatic carbocycles. The second-order valence-electron chi connectivity index (χ2n) is 3.11. The summed E-state index contributed by atoms with van der Waals surface area (Å²) in [6.07, 6.45) is 0. The van der Waals surface area contributed by atoms with E-state index in [9.17, 15) is 0 Å². The normalized spacial score (nSPS) is 22.8. The van der Waals surface area contributed by atoms with E-state index < -0.39 is 0 Å². The molecule has 1 unspecified atom stereocenters. The molecule has 1 heterocycles. The van der Waals surface area contributed by atoms with Gasteiger partial charge in [-0.25, -0.2) is 0 Å². The molecule has 0 bridgehead atoms. The van der Waals surface area contributed by atoms with E-state index in [0.717, 1.165) is 17.3 Å². The van der Waals surface area contributed by atoms with E-state index in [1.807, 2.05) is 12.1 Å². The van der Waals surface area contributed by atoms with Crippen LogP contribution in [0.25, 0.3) is 0 Å². The van der Waals surface area contributed by atoms with Gasteiger partial charge >= 0.3 is 0 Å². The Morgan fingerprint density at radius 3 is 2.77 bits per heavy atom. The van der Waals surface area contributed by atoms with E-state index >= 15 is 0 Å². The zero-order valence-corrected chi connectivity index (χ0v) is 9.86. The molecule has 1 aromatic rings. The van der Waals surface area contributed by atoms with Crippen molar-refractivity contribution in [2.75, 3.05) is 7.11 Å². The number of methoxy groups -OCH3 is 1. The van der Waals surface area contributed by atoms with Crippen LogP contribution in [0.4, 0.5) is 0 Å². The minimum atomic E-state index is -0.340. The average molecular weight is 262 g/mol. The predicted octanol–water partition coefficient (Wildman–Crippen LogP) is 2.35. The van der Waals surface area contributed by atoms with Gasteiger partial charge in [0.25, 0.3) is 0 Å². The summed E-state index contributed by atoms with van der Waals surface area (Å²) in [5, 5.41) is 5.97. The lowest BCUT2D eigenvalue weighted by Gasteiger charge is -2.07. The largest absolute Gasteiger partial charge is 0.496 e. The Kier molecular flexibility index (Phi) is 2.53. The number of fused-ring (bicyclic) bond motifs is 1. The zero-order valence-electron chi connectivity index (χ0n) is 7.38. The fourth-order valence-corrected chi connectivity index (χ4v) is 4.00. The summed E-state index contributed by atoms with van der Waals surface area (Å²) in [6, 6.07) is 4.03. The van der Waals surface area contributed by atoms with Crippen LogP contribution in [-0.2, 0) is 11.5 Å². The number of nitrogens with two attached hydrogens (primary N) is 1. The molecule has 0 spiro atoms. The first-order valence-electron chi connectivity index (χ1n) is 4.06. The van der Waals surface area contributed by atoms with Gasteiger partial charge in [0.1, 0.15) is 5.75 Å². The Hall–Kier alpha value is -0.190. The number of thiol groups is 1. The Morgan fingerprint density at radius 1 is 1.38 bits per heavy atom. The van der Waals surface area contributed by atoms with Crippen molar-refractivity contribution >= 4 is 27.0 Å². The molecule has 1 aliphatic heterocycles. The first-order valence-corrected chi connectivity index (χ1v) is 6.63. The molecule has 1 atom stereocenters. The second kappa shape index (κ2) is 3.52. The average Bonchev–Trinajstić information content (AvgIpc) is 2.48. The summed E-state index contributed by atoms with van der Waals surface area (Å²) < 4.78 is 6.46. The van der Waals surface area contributed by atoms with Gasteiger partial charge in [-0.1, -0.05) is 15.9 Å². The van der Waals surface area contributed by atoms with E-state index in [4.69, 9.17) is 9.88 Å². The van der Waals surface area contributed by atoms with Gasteiger partial charge in [0.15, 0.2) is 0 Å². The first-order chi connectivity index (χ1) is 6.22. The van der Waals surface area contributed by atoms with Crippen molar-refractivity contribution in [2.24, 2.45) is 5.14 Å². The van der Waals surface area contributed by atoms with E-state index in [0.29, 0.717) is 0 Å². The zero-order chi connectivity index (χ0) is 9.42. The van der Waals surface area contributed by atoms with Crippen LogP contribution >= 0.6 is 27.0 Å². The third kappa shape index (κ3) is 1.58. The molecule has 0 saturated carbocycles. The van der Waals surface area contributed by atoms with Crippen LogP contribution in [0.3, 0.4) is 0 Å². The summed E-state index contributed by atoms with van der Waals surface area (Å²) in [5.41, 5.74) is 2.64. The van der Waals surface area contributed by atoms with Crippen LogP contribution in [0.5, 0.6) is 5.75 Å². The fraction of sp³-hybridized carbons (Fsp3) is 0.333. The highest BCUT2D eigenvalue weighted by Crippen LogP contribution is 2.44. The second-order valence-corrected chi connectivity index (χ2v) is 5.78. The van der Waals surface area contributed by atoms with Gasteiger partial charge in [-0.2, -0.15) is 11.1 Å². The molecule has 4 heteroatoms. The van der Waals surface area contributed by atoms with E-state index in [1.54, 1.807) is 7.11 Å². The third-order valence-corrected chi connectivity index (χ3v) is 4.46. The Labute approximate surface area is 89.1 Å². The number of hydrogen-bond donors (Lipinski definition) is 2. The molecule has 0 aromatic heterocycles. The molecular weight excluding hydrogens is 250 g/mol. The topological polar surface area (TPSA) is 35.2 Å². The summed E-state index contributed by atoms with van der Waals surface area (Å²) in [6.45, 7) is 0. The van der Waals surface area contributed by atoms with Crippen molar-refractivity contribution in [3.63, 3.8) is 0 Å². The quantitative estimate of drug-likeness (QED) is 0.762. The monoisotopic (exact) mass is 261 g/mol. The SMILES string of the molecule is COc1ccc(Br)c2c1C[SH](N)C2. The molecule has 13 heavy (non-hydrogen) atoms. The van der Waals surface area contributed by atoms with Crippen LogP contribution in [0.1, 0.15) is 11.1 Å². The van der Waals surface area contributed by atoms with Crippen molar-refractivity contribution in [1.29, 1.82) is 0 Å². The van der Waals surface area contributed by atoms with Crippen LogP contribution < -0.4 is 9.88 Å². The highest BCUT2D eigenvalue weighted by atomic mass is 79.9. The minimum absolute atomic E-state index is 0.340. The molecule has 72 valence electrons. The van der Waals surface area contributed by atoms with Crippen LogP contribution in [-0.4, -0.2) is 7.11 Å². The van der Waals surface area contributed by atoms with Crippen LogP contribution in [0, 0.1) is 0 Å². The van der Waals surface area contributed by atoms with Crippen molar-refractivity contribution in [3.05, 3.63) is 27.7 Å². The smallest absolute Gasteiger partial charge is 0.123 e. The molecule has 2 N–H and O–H groups in total. The number of hydrogen-bond acceptors (Lipinski definition) is 2. The Morgan fingerprint density at radius 2 is 2.08 bits per heavy atom. The standard InChI is InChI=1S/C9H12BrNOS/c1-12-9-3-2-8(10)6-4-13(11)5-7(6)9/h2-3,13H,4-5,11H2,1H3. The van der Waals surface area contributed by atoms with E-state index in [1.165, 1.54) is 15.6 Å². The Bertz CT molecular complexity index is 343. The first kappa shape index (κ1) is 9.37. The van der Waals surface area contributed by atoms with Gasteiger partial charge in [-0.3, -0.25) is 5.14 Å². The van der Waals surface area contributed by atoms with Gasteiger partial charge in [0.05, 0.1) is 7.11 Å². The lowest BCUT2D eigenvalue weighted by atomic mass is 10.1. The number of benzene rings is 1. The number of ether oxygens (including phenoxy) is 1. The summed E-state index contributed by atoms with van der Waals surface area (Å²) in [4.78, 5) is 0. The molecule has 0 radical (unpaired) electrons. The van der Waals surface area contributed by atoms with Gasteiger partial charge in [0.2, 0.25) is 0 Å². The predicted molar refractivity (Wildman–Crippen MR) is 61.3 cm³/mol. The van der Waals surface area contributed by atoms with Gasteiger partial charge < -0.3 is 4.74 Å². The maximum absolute atomic E-state index is 5.97. The van der Waals surface area contributed by atoms with Crippen molar-refractivity contribution in [3.8, 4) is 5.75 Å². The maximum Gasteiger partial charge on any atom is 0.123 e. The van der Waals surface area contributed by atoms with Crippen LogP contribution in [0.15, 0.2) is 16.6 Å². The van der Waals surface area contributed by atoms with Gasteiger partial charge in [-0.05, 0) is 17.7 Å². The van der Waals surface area contributed by atoms with E-state index in [2.05, 4.69) is 15.9 Å².